The largest absolute Gasteiger partial charge is 0.480 e. The van der Waals surface area contributed by atoms with Gasteiger partial charge in [-0.25, -0.2) is 9.59 Å². The Bertz CT molecular complexity index is 3000. The molecular weight excluding hydrogens is 1510 g/mol. The molecule has 116 heavy (non-hydrogen) atoms. The lowest BCUT2D eigenvalue weighted by atomic mass is 10.2. The third-order valence-electron chi connectivity index (χ3n) is 16.9. The number of aliphatic carboxylic acids is 3. The van der Waals surface area contributed by atoms with E-state index in [0.717, 1.165) is 11.1 Å². The molecule has 0 radical (unpaired) electrons. The van der Waals surface area contributed by atoms with Crippen LogP contribution in [0.25, 0.3) is 0 Å². The van der Waals surface area contributed by atoms with E-state index >= 15 is 0 Å². The van der Waals surface area contributed by atoms with Crippen LogP contribution in [-0.4, -0.2) is 394 Å². The maximum Gasteiger partial charge on any atom is 0.407 e. The SMILES string of the molecule is CC(C)(C)OC(=O)CN1CCN(CC(=O)NCCCOCCOCCOCCCNC(=O)OCc2ccccc2)CCN(CC(=O)OC(C)(C)C)CCN(CC(=O)OC(C)(C)C)CC1.O=C(O)CN1CCN(CC(=O)O)CCN(CC(=O)NCCCOCCOCCOCCCNC(=O)OCc2ccccc2)CCN(CC(=O)O)CC1. The zero-order valence-electron chi connectivity index (χ0n) is 70.3. The molecule has 0 atom stereocenters. The molecule has 0 aliphatic carbocycles. The first kappa shape index (κ1) is 102. The van der Waals surface area contributed by atoms with Crippen LogP contribution in [0.3, 0.4) is 0 Å². The number of nitrogens with zero attached hydrogens (tertiary/aromatic N) is 8. The highest BCUT2D eigenvalue weighted by molar-refractivity contribution is 5.78. The minimum absolute atomic E-state index is 0.0517. The van der Waals surface area contributed by atoms with Crippen LogP contribution < -0.4 is 21.3 Å². The summed E-state index contributed by atoms with van der Waals surface area (Å²) in [5.41, 5.74) is -0.0829. The quantitative estimate of drug-likeness (QED) is 0.0284. The molecule has 0 saturated carbocycles. The van der Waals surface area contributed by atoms with Gasteiger partial charge >= 0.3 is 48.0 Å². The Morgan fingerprint density at radius 2 is 0.500 bits per heavy atom. The third-order valence-corrected chi connectivity index (χ3v) is 16.9. The van der Waals surface area contributed by atoms with Crippen molar-refractivity contribution in [2.24, 2.45) is 0 Å². The highest BCUT2D eigenvalue weighted by Gasteiger charge is 2.28. The van der Waals surface area contributed by atoms with E-state index in [2.05, 4.69) is 21.3 Å². The Kier molecular flexibility index (Phi) is 53.5. The van der Waals surface area contributed by atoms with Gasteiger partial charge in [0.15, 0.2) is 0 Å². The van der Waals surface area contributed by atoms with E-state index in [1.807, 2.05) is 147 Å². The molecule has 0 bridgehead atoms. The van der Waals surface area contributed by atoms with Gasteiger partial charge in [0.05, 0.1) is 105 Å². The van der Waals surface area contributed by atoms with Crippen LogP contribution in [0.2, 0.25) is 0 Å². The number of carbonyl (C=O) groups is 10. The molecule has 4 amide bonds. The fraction of sp³-hybridized carbons (Fsp3) is 0.725. The van der Waals surface area contributed by atoms with Gasteiger partial charge in [0, 0.05) is 157 Å². The van der Waals surface area contributed by atoms with Crippen LogP contribution in [0.4, 0.5) is 9.59 Å². The fourth-order valence-corrected chi connectivity index (χ4v) is 11.3. The van der Waals surface area contributed by atoms with Crippen molar-refractivity contribution in [3.8, 4) is 0 Å². The second-order valence-corrected chi connectivity index (χ2v) is 30.9. The number of hydrogen-bond acceptors (Lipinski definition) is 29. The molecular formula is C80H136N12O24. The molecule has 2 aromatic rings. The molecule has 0 aromatic heterocycles. The van der Waals surface area contributed by atoms with Gasteiger partial charge in [-0.15, -0.1) is 0 Å². The van der Waals surface area contributed by atoms with Gasteiger partial charge in [-0.2, -0.15) is 0 Å². The minimum Gasteiger partial charge on any atom is -0.480 e. The lowest BCUT2D eigenvalue weighted by molar-refractivity contribution is -0.158. The first-order valence-electron chi connectivity index (χ1n) is 40.2. The van der Waals surface area contributed by atoms with Crippen molar-refractivity contribution in [1.29, 1.82) is 0 Å². The van der Waals surface area contributed by atoms with E-state index < -0.39 is 46.9 Å². The summed E-state index contributed by atoms with van der Waals surface area (Å²) in [7, 11) is 0. The molecule has 0 unspecified atom stereocenters. The molecule has 2 saturated heterocycles. The molecule has 2 fully saturated rings. The normalized spacial score (nSPS) is 15.6. The number of esters is 3. The third kappa shape index (κ3) is 58.9. The predicted octanol–water partition coefficient (Wildman–Crippen LogP) is 2.44. The van der Waals surface area contributed by atoms with E-state index in [0.29, 0.717) is 236 Å². The van der Waals surface area contributed by atoms with Crippen molar-refractivity contribution in [1.82, 2.24) is 60.5 Å². The topological polar surface area (TPSA) is 407 Å². The predicted molar refractivity (Wildman–Crippen MR) is 431 cm³/mol. The van der Waals surface area contributed by atoms with Crippen LogP contribution in [0.5, 0.6) is 0 Å². The number of amides is 4. The molecule has 36 heteroatoms. The molecule has 0 spiro atoms. The summed E-state index contributed by atoms with van der Waals surface area (Å²) in [5, 5.41) is 39.3. The van der Waals surface area contributed by atoms with Gasteiger partial charge in [-0.3, -0.25) is 77.6 Å². The maximum absolute atomic E-state index is 13.2. The second kappa shape index (κ2) is 60.6. The van der Waals surface area contributed by atoms with Crippen molar-refractivity contribution in [2.75, 3.05) is 263 Å². The second-order valence-electron chi connectivity index (χ2n) is 30.9. The molecule has 2 aliphatic rings. The van der Waals surface area contributed by atoms with Crippen molar-refractivity contribution >= 4 is 59.8 Å². The van der Waals surface area contributed by atoms with Gasteiger partial charge in [-0.05, 0) is 99.1 Å². The summed E-state index contributed by atoms with van der Waals surface area (Å²) in [4.78, 5) is 138. The number of carboxylic acid groups (broad SMARTS) is 3. The Hall–Kier alpha value is -7.82. The van der Waals surface area contributed by atoms with E-state index in [1.165, 1.54) is 0 Å². The lowest BCUT2D eigenvalue weighted by Crippen LogP contribution is -2.50. The molecule has 2 aliphatic heterocycles. The first-order valence-corrected chi connectivity index (χ1v) is 40.2. The lowest BCUT2D eigenvalue weighted by Gasteiger charge is -2.34. The number of benzene rings is 2. The summed E-state index contributed by atoms with van der Waals surface area (Å²) in [6.07, 6.45) is 1.58. The first-order chi connectivity index (χ1) is 55.3. The molecule has 4 rings (SSSR count). The summed E-state index contributed by atoms with van der Waals surface area (Å²) in [5.74, 6) is -4.45. The van der Waals surface area contributed by atoms with Gasteiger partial charge < -0.3 is 88.7 Å². The van der Waals surface area contributed by atoms with E-state index in [-0.39, 0.29) is 95.3 Å². The number of rotatable bonds is 48. The van der Waals surface area contributed by atoms with Gasteiger partial charge in [0.2, 0.25) is 11.8 Å². The standard InChI is InChI=1S/C46H80N6O12.C34H56N6O12/c1-44(2,3)62-40(54)34-50-21-19-49(20-22-51(35-41(55)63-45(4,5)6)24-26-52(25-23-50)36-42(56)64-46(7,8)9)33-39(53)47-17-13-27-58-29-31-60-32-30-59-28-14-18-48-43(57)61-37-38-15-11-10-12-16-38;41-30(24-37-10-12-38(25-31(42)43)14-16-40(27-33(46)47)17-15-39(13-11-37)26-32(44)45)35-8-4-18-49-20-22-51-23-21-50-19-5-9-36-34(48)52-28-29-6-2-1-3-7-29/h10-12,15-16H,13-14,17-37H2,1-9H3,(H,47,53)(H,48,57);1-3,6-7H,4-5,8-28H2,(H,35,41)(H,36,48)(H,42,43)(H,44,45)(H,46,47). The zero-order chi connectivity index (χ0) is 85.3. The molecule has 2 aromatic carbocycles. The van der Waals surface area contributed by atoms with Crippen LogP contribution in [0.15, 0.2) is 60.7 Å². The molecule has 7 N–H and O–H groups in total. The Morgan fingerprint density at radius 3 is 0.724 bits per heavy atom. The van der Waals surface area contributed by atoms with Crippen molar-refractivity contribution in [3.05, 3.63) is 71.8 Å². The number of carboxylic acids is 3. The molecule has 36 nitrogen and oxygen atoms in total. The summed E-state index contributed by atoms with van der Waals surface area (Å²) in [6.45, 7) is 29.8. The average molecular weight is 1650 g/mol. The number of nitrogens with one attached hydrogen (secondary N) is 4. The number of alkyl carbamates (subject to hydrolysis) is 2. The summed E-state index contributed by atoms with van der Waals surface area (Å²) >= 11 is 0. The molecule has 2 heterocycles. The van der Waals surface area contributed by atoms with Crippen LogP contribution in [0, 0.1) is 0 Å². The monoisotopic (exact) mass is 1650 g/mol. The highest BCUT2D eigenvalue weighted by Crippen LogP contribution is 2.13. The number of ether oxygens (including phenoxy) is 11. The van der Waals surface area contributed by atoms with E-state index in [4.69, 9.17) is 52.1 Å². The number of carbonyl (C=O) groups excluding carboxylic acids is 7. The maximum atomic E-state index is 13.2. The number of hydrogen-bond donors (Lipinski definition) is 7. The molecule has 660 valence electrons. The minimum atomic E-state index is -1.02. The van der Waals surface area contributed by atoms with Crippen LogP contribution in [-0.2, 0) is 104 Å². The van der Waals surface area contributed by atoms with E-state index in [9.17, 15) is 63.3 Å². The van der Waals surface area contributed by atoms with Crippen molar-refractivity contribution < 1.29 is 115 Å². The van der Waals surface area contributed by atoms with Crippen LogP contribution in [0.1, 0.15) is 99.1 Å². The van der Waals surface area contributed by atoms with Gasteiger partial charge in [0.1, 0.15) is 30.0 Å². The van der Waals surface area contributed by atoms with Crippen molar-refractivity contribution in [2.45, 2.75) is 118 Å². The summed E-state index contributed by atoms with van der Waals surface area (Å²) in [6, 6.07) is 18.9. The zero-order valence-corrected chi connectivity index (χ0v) is 70.3. The highest BCUT2D eigenvalue weighted by atomic mass is 16.6. The van der Waals surface area contributed by atoms with Crippen LogP contribution >= 0.6 is 0 Å². The van der Waals surface area contributed by atoms with Crippen molar-refractivity contribution in [3.63, 3.8) is 0 Å². The fourth-order valence-electron chi connectivity index (χ4n) is 11.3. The van der Waals surface area contributed by atoms with E-state index in [1.54, 1.807) is 14.7 Å². The summed E-state index contributed by atoms with van der Waals surface area (Å²) < 4.78 is 60.6. The van der Waals surface area contributed by atoms with Gasteiger partial charge in [-0.1, -0.05) is 60.7 Å². The van der Waals surface area contributed by atoms with Gasteiger partial charge in [0.25, 0.3) is 0 Å². The smallest absolute Gasteiger partial charge is 0.407 e. The Labute approximate surface area is 685 Å². The Morgan fingerprint density at radius 1 is 0.293 bits per heavy atom. The average Bonchev–Trinajstić information content (AvgIpc) is 0.887. The Balaban J connectivity index is 0.000000613.